The van der Waals surface area contributed by atoms with E-state index in [4.69, 9.17) is 0 Å². The van der Waals surface area contributed by atoms with E-state index in [0.717, 1.165) is 0 Å². The average molecular weight is 234 g/mol. The molecule has 0 unspecified atom stereocenters. The minimum Gasteiger partial charge on any atom is -0.139 e. The lowest BCUT2D eigenvalue weighted by atomic mass is 10.3. The number of hydrogen-bond acceptors (Lipinski definition) is 0. The molecule has 2 heteroatoms. The third-order valence-corrected chi connectivity index (χ3v) is 2.82. The maximum atomic E-state index is 2.29. The summed E-state index contributed by atoms with van der Waals surface area (Å²) in [5.74, 6) is 0. The molecule has 0 aliphatic carbocycles. The highest BCUT2D eigenvalue weighted by Gasteiger charge is 2.03. The summed E-state index contributed by atoms with van der Waals surface area (Å²) in [5, 5.41) is 0. The molecule has 1 rings (SSSR count). The van der Waals surface area contributed by atoms with Crippen LogP contribution in [0.2, 0.25) is 0 Å². The summed E-state index contributed by atoms with van der Waals surface area (Å²) >= 11 is 2.29. The number of aryl methyl sites for hydroxylation is 2. The molecule has 48 valence electrons. The van der Waals surface area contributed by atoms with E-state index in [0.29, 0.717) is 0 Å². The van der Waals surface area contributed by atoms with Crippen molar-refractivity contribution >= 4 is 22.9 Å². The molecule has 0 spiro atoms. The van der Waals surface area contributed by atoms with Crippen LogP contribution in [0.3, 0.4) is 0 Å². The van der Waals surface area contributed by atoms with Crippen molar-refractivity contribution in [1.29, 1.82) is 0 Å². The van der Waals surface area contributed by atoms with Gasteiger partial charge in [-0.25, -0.2) is 0 Å². The molecule has 0 N–H and O–H groups in total. The SMILES string of the molecule is Cc1cccc(C)[n+]1I. The molecule has 0 radical (unpaired) electrons. The van der Waals surface area contributed by atoms with Crippen molar-refractivity contribution in [2.24, 2.45) is 0 Å². The number of halogens is 1. The molecule has 1 nitrogen and oxygen atoms in total. The molecule has 1 heterocycles. The first-order valence-electron chi connectivity index (χ1n) is 2.86. The minimum absolute atomic E-state index is 1.29. The largest absolute Gasteiger partial charge is 0.354 e. The molecule has 0 aliphatic rings. The second-order valence-electron chi connectivity index (χ2n) is 2.09. The van der Waals surface area contributed by atoms with Crippen LogP contribution in [0, 0.1) is 13.8 Å². The number of aromatic nitrogens is 1. The van der Waals surface area contributed by atoms with Crippen LogP contribution in [0.15, 0.2) is 18.2 Å². The van der Waals surface area contributed by atoms with Gasteiger partial charge in [0.1, 0.15) is 0 Å². The summed E-state index contributed by atoms with van der Waals surface area (Å²) in [4.78, 5) is 0. The van der Waals surface area contributed by atoms with E-state index in [1.807, 2.05) is 0 Å². The zero-order valence-electron chi connectivity index (χ0n) is 5.56. The van der Waals surface area contributed by atoms with Crippen molar-refractivity contribution in [1.82, 2.24) is 0 Å². The van der Waals surface area contributed by atoms with E-state index >= 15 is 0 Å². The van der Waals surface area contributed by atoms with Gasteiger partial charge in [0.25, 0.3) is 0 Å². The number of rotatable bonds is 0. The molecule has 0 amide bonds. The Labute approximate surface area is 69.2 Å². The van der Waals surface area contributed by atoms with Crippen molar-refractivity contribution in [3.05, 3.63) is 29.6 Å². The van der Waals surface area contributed by atoms with Gasteiger partial charge in [0.15, 0.2) is 11.4 Å². The second kappa shape index (κ2) is 2.64. The summed E-state index contributed by atoms with van der Waals surface area (Å²) < 4.78 is 2.14. The third kappa shape index (κ3) is 1.41. The zero-order chi connectivity index (χ0) is 6.85. The van der Waals surface area contributed by atoms with Crippen molar-refractivity contribution in [3.8, 4) is 0 Å². The Hall–Kier alpha value is -0.120. The van der Waals surface area contributed by atoms with Gasteiger partial charge in [0.2, 0.25) is 0 Å². The van der Waals surface area contributed by atoms with E-state index in [1.54, 1.807) is 0 Å². The van der Waals surface area contributed by atoms with E-state index in [-0.39, 0.29) is 0 Å². The normalized spacial score (nSPS) is 9.67. The highest BCUT2D eigenvalue weighted by molar-refractivity contribution is 14.1. The van der Waals surface area contributed by atoms with Crippen molar-refractivity contribution in [2.45, 2.75) is 13.8 Å². The highest BCUT2D eigenvalue weighted by atomic mass is 127. The predicted octanol–water partition coefficient (Wildman–Crippen LogP) is 1.79. The van der Waals surface area contributed by atoms with Crippen LogP contribution in [0.1, 0.15) is 11.4 Å². The molecule has 1 aromatic heterocycles. The Morgan fingerprint density at radius 1 is 1.22 bits per heavy atom. The molecule has 9 heavy (non-hydrogen) atoms. The first-order chi connectivity index (χ1) is 4.22. The minimum atomic E-state index is 1.29. The van der Waals surface area contributed by atoms with Crippen LogP contribution in [-0.4, -0.2) is 0 Å². The highest BCUT2D eigenvalue weighted by Crippen LogP contribution is 1.95. The lowest BCUT2D eigenvalue weighted by Gasteiger charge is -1.90. The Kier molecular flexibility index (Phi) is 2.05. The van der Waals surface area contributed by atoms with Crippen molar-refractivity contribution < 1.29 is 2.78 Å². The van der Waals surface area contributed by atoms with Gasteiger partial charge in [-0.3, -0.25) is 0 Å². The van der Waals surface area contributed by atoms with Gasteiger partial charge >= 0.3 is 22.9 Å². The van der Waals surface area contributed by atoms with Gasteiger partial charge in [0, 0.05) is 26.0 Å². The molecule has 0 saturated carbocycles. The van der Waals surface area contributed by atoms with Gasteiger partial charge in [-0.2, -0.15) is 0 Å². The fraction of sp³-hybridized carbons (Fsp3) is 0.286. The molecular formula is C7H9IN+. The monoisotopic (exact) mass is 234 g/mol. The standard InChI is InChI=1S/C7H9IN/c1-6-4-3-5-7(2)9(6)8/h3-5H,1-2H3/q+1. The Balaban J connectivity index is 3.25. The average Bonchev–Trinajstić information content (AvgIpc) is 1.83. The summed E-state index contributed by atoms with van der Waals surface area (Å²) in [6.07, 6.45) is 0. The van der Waals surface area contributed by atoms with E-state index < -0.39 is 0 Å². The molecule has 0 aliphatic heterocycles. The lowest BCUT2D eigenvalue weighted by Crippen LogP contribution is -2.26. The van der Waals surface area contributed by atoms with Crippen molar-refractivity contribution in [3.63, 3.8) is 0 Å². The summed E-state index contributed by atoms with van der Waals surface area (Å²) in [5.41, 5.74) is 2.58. The predicted molar refractivity (Wildman–Crippen MR) is 45.5 cm³/mol. The summed E-state index contributed by atoms with van der Waals surface area (Å²) in [6, 6.07) is 6.26. The van der Waals surface area contributed by atoms with Crippen molar-refractivity contribution in [2.75, 3.05) is 0 Å². The molecule has 0 aromatic carbocycles. The first kappa shape index (κ1) is 6.99. The smallest absolute Gasteiger partial charge is 0.139 e. The Morgan fingerprint density at radius 2 is 1.67 bits per heavy atom. The third-order valence-electron chi connectivity index (χ3n) is 1.29. The fourth-order valence-corrected chi connectivity index (χ4v) is 1.06. The maximum Gasteiger partial charge on any atom is 0.354 e. The van der Waals surface area contributed by atoms with E-state index in [1.165, 1.54) is 11.4 Å². The number of pyridine rings is 1. The maximum absolute atomic E-state index is 2.29. The van der Waals surface area contributed by atoms with E-state index in [9.17, 15) is 0 Å². The molecule has 1 aromatic rings. The number of nitrogens with zero attached hydrogens (tertiary/aromatic N) is 1. The van der Waals surface area contributed by atoms with Crippen LogP contribution < -0.4 is 2.78 Å². The van der Waals surface area contributed by atoms with Gasteiger partial charge in [-0.1, -0.05) is 0 Å². The van der Waals surface area contributed by atoms with Gasteiger partial charge < -0.3 is 0 Å². The molecule has 0 atom stereocenters. The molecule has 0 bridgehead atoms. The quantitative estimate of drug-likeness (QED) is 0.602. The number of hydrogen-bond donors (Lipinski definition) is 0. The van der Waals surface area contributed by atoms with Gasteiger partial charge in [0.05, 0.1) is 0 Å². The van der Waals surface area contributed by atoms with Crippen LogP contribution in [0.4, 0.5) is 0 Å². The zero-order valence-corrected chi connectivity index (χ0v) is 7.71. The van der Waals surface area contributed by atoms with Crippen LogP contribution in [-0.2, 0) is 0 Å². The fourth-order valence-electron chi connectivity index (χ4n) is 0.736. The summed E-state index contributed by atoms with van der Waals surface area (Å²) in [7, 11) is 0. The topological polar surface area (TPSA) is 3.88 Å². The van der Waals surface area contributed by atoms with Crippen LogP contribution in [0.5, 0.6) is 0 Å². The molecule has 0 saturated heterocycles. The summed E-state index contributed by atoms with van der Waals surface area (Å²) in [6.45, 7) is 4.19. The van der Waals surface area contributed by atoms with Gasteiger partial charge in [-0.15, -0.1) is 2.78 Å². The van der Waals surface area contributed by atoms with Crippen LogP contribution in [0.25, 0.3) is 0 Å². The lowest BCUT2D eigenvalue weighted by molar-refractivity contribution is -0.457. The first-order valence-corrected chi connectivity index (χ1v) is 3.83. The molecule has 0 fully saturated rings. The van der Waals surface area contributed by atoms with E-state index in [2.05, 4.69) is 57.7 Å². The van der Waals surface area contributed by atoms with Crippen LogP contribution >= 0.6 is 22.9 Å². The second-order valence-corrected chi connectivity index (χ2v) is 3.05. The Bertz CT molecular complexity index is 200. The Morgan fingerprint density at radius 3 is 2.00 bits per heavy atom. The van der Waals surface area contributed by atoms with Gasteiger partial charge in [-0.05, 0) is 6.07 Å². The molecular weight excluding hydrogens is 225 g/mol.